The third kappa shape index (κ3) is 3.47. The fourth-order valence-electron chi connectivity index (χ4n) is 1.59. The van der Waals surface area contributed by atoms with Crippen molar-refractivity contribution in [3.63, 3.8) is 0 Å². The van der Waals surface area contributed by atoms with Gasteiger partial charge in [0.25, 0.3) is 0 Å². The molecule has 74 valence electrons. The Hall–Kier alpha value is -0.370. The average molecular weight is 198 g/mol. The van der Waals surface area contributed by atoms with Crippen LogP contribution in [0.4, 0.5) is 0 Å². The number of rotatable bonds is 4. The van der Waals surface area contributed by atoms with E-state index >= 15 is 0 Å². The highest BCUT2D eigenvalue weighted by molar-refractivity contribution is 7.80. The first-order valence-electron chi connectivity index (χ1n) is 5.03. The summed E-state index contributed by atoms with van der Waals surface area (Å²) >= 11 is 5.03. The molecule has 0 amide bonds. The summed E-state index contributed by atoms with van der Waals surface area (Å²) in [4.78, 5) is 0. The molecule has 1 aliphatic heterocycles. The van der Waals surface area contributed by atoms with Crippen LogP contribution in [0.25, 0.3) is 0 Å². The SMILES string of the molecule is CC/C=C/CCC1(C)CCC(=S)O1. The number of hydrogen-bond donors (Lipinski definition) is 0. The topological polar surface area (TPSA) is 9.23 Å². The van der Waals surface area contributed by atoms with E-state index in [9.17, 15) is 0 Å². The highest BCUT2D eigenvalue weighted by Crippen LogP contribution is 2.31. The first-order valence-corrected chi connectivity index (χ1v) is 5.44. The van der Waals surface area contributed by atoms with Crippen LogP contribution in [0.15, 0.2) is 12.2 Å². The standard InChI is InChI=1S/C11H18OS/c1-3-4-5-6-8-11(2)9-7-10(13)12-11/h4-5H,3,6-9H2,1-2H3/b5-4+. The Balaban J connectivity index is 2.27. The highest BCUT2D eigenvalue weighted by atomic mass is 32.1. The fourth-order valence-corrected chi connectivity index (χ4v) is 1.90. The maximum Gasteiger partial charge on any atom is 0.160 e. The lowest BCUT2D eigenvalue weighted by Crippen LogP contribution is -2.22. The molecule has 13 heavy (non-hydrogen) atoms. The predicted molar refractivity (Wildman–Crippen MR) is 60.0 cm³/mol. The van der Waals surface area contributed by atoms with E-state index in [1.165, 1.54) is 0 Å². The van der Waals surface area contributed by atoms with Crippen LogP contribution in [-0.4, -0.2) is 10.7 Å². The van der Waals surface area contributed by atoms with Gasteiger partial charge in [0, 0.05) is 6.42 Å². The summed E-state index contributed by atoms with van der Waals surface area (Å²) in [5.74, 6) is 0. The van der Waals surface area contributed by atoms with E-state index in [1.807, 2.05) is 0 Å². The van der Waals surface area contributed by atoms with Gasteiger partial charge in [-0.3, -0.25) is 0 Å². The molecule has 1 atom stereocenters. The average Bonchev–Trinajstić information content (AvgIpc) is 2.41. The Morgan fingerprint density at radius 3 is 2.85 bits per heavy atom. The molecule has 0 aromatic carbocycles. The molecule has 1 nitrogen and oxygen atoms in total. The molecule has 0 aromatic heterocycles. The molecule has 0 bridgehead atoms. The summed E-state index contributed by atoms with van der Waals surface area (Å²) < 4.78 is 5.63. The van der Waals surface area contributed by atoms with Gasteiger partial charge in [0.1, 0.15) is 5.60 Å². The smallest absolute Gasteiger partial charge is 0.160 e. The third-order valence-corrected chi connectivity index (χ3v) is 2.75. The maximum atomic E-state index is 5.63. The predicted octanol–water partition coefficient (Wildman–Crippen LogP) is 3.63. The number of ether oxygens (including phenoxy) is 1. The Morgan fingerprint density at radius 1 is 1.54 bits per heavy atom. The Kier molecular flexibility index (Phi) is 3.91. The third-order valence-electron chi connectivity index (χ3n) is 2.46. The minimum Gasteiger partial charge on any atom is -0.481 e. The first-order chi connectivity index (χ1) is 6.16. The van der Waals surface area contributed by atoms with Crippen molar-refractivity contribution in [2.24, 2.45) is 0 Å². The van der Waals surface area contributed by atoms with Crippen molar-refractivity contribution in [2.45, 2.75) is 51.6 Å². The van der Waals surface area contributed by atoms with Gasteiger partial charge in [-0.25, -0.2) is 0 Å². The van der Waals surface area contributed by atoms with Gasteiger partial charge >= 0.3 is 0 Å². The van der Waals surface area contributed by atoms with Gasteiger partial charge in [-0.2, -0.15) is 0 Å². The molecule has 0 radical (unpaired) electrons. The lowest BCUT2D eigenvalue weighted by molar-refractivity contribution is 0.0958. The van der Waals surface area contributed by atoms with Crippen LogP contribution in [-0.2, 0) is 4.74 Å². The normalized spacial score (nSPS) is 28.3. The maximum absolute atomic E-state index is 5.63. The fraction of sp³-hybridized carbons (Fsp3) is 0.727. The van der Waals surface area contributed by atoms with Crippen LogP contribution in [0.5, 0.6) is 0 Å². The van der Waals surface area contributed by atoms with Gasteiger partial charge in [-0.15, -0.1) is 0 Å². The molecule has 1 unspecified atom stereocenters. The minimum atomic E-state index is 0.0230. The van der Waals surface area contributed by atoms with Crippen LogP contribution >= 0.6 is 12.2 Å². The zero-order valence-electron chi connectivity index (χ0n) is 8.51. The van der Waals surface area contributed by atoms with Crippen LogP contribution in [0.3, 0.4) is 0 Å². The van der Waals surface area contributed by atoms with Gasteiger partial charge < -0.3 is 4.74 Å². The lowest BCUT2D eigenvalue weighted by atomic mass is 9.96. The molecule has 1 heterocycles. The van der Waals surface area contributed by atoms with Crippen molar-refractivity contribution < 1.29 is 4.74 Å². The van der Waals surface area contributed by atoms with Crippen molar-refractivity contribution in [2.75, 3.05) is 0 Å². The summed E-state index contributed by atoms with van der Waals surface area (Å²) in [7, 11) is 0. The number of hydrogen-bond acceptors (Lipinski definition) is 2. The highest BCUT2D eigenvalue weighted by Gasteiger charge is 2.32. The Morgan fingerprint density at radius 2 is 2.31 bits per heavy atom. The van der Waals surface area contributed by atoms with Crippen molar-refractivity contribution in [3.05, 3.63) is 12.2 Å². The van der Waals surface area contributed by atoms with Gasteiger partial charge in [0.2, 0.25) is 0 Å². The second-order valence-corrected chi connectivity index (χ2v) is 4.30. The van der Waals surface area contributed by atoms with Crippen molar-refractivity contribution >= 4 is 17.3 Å². The van der Waals surface area contributed by atoms with Gasteiger partial charge in [-0.1, -0.05) is 19.1 Å². The zero-order valence-corrected chi connectivity index (χ0v) is 9.32. The molecule has 1 aliphatic rings. The summed E-state index contributed by atoms with van der Waals surface area (Å²) in [5, 5.41) is 0.793. The summed E-state index contributed by atoms with van der Waals surface area (Å²) in [5.41, 5.74) is 0.0230. The zero-order chi connectivity index (χ0) is 9.73. The quantitative estimate of drug-likeness (QED) is 0.504. The molecular weight excluding hydrogens is 180 g/mol. The van der Waals surface area contributed by atoms with E-state index < -0.39 is 0 Å². The van der Waals surface area contributed by atoms with E-state index in [-0.39, 0.29) is 5.60 Å². The molecule has 1 fully saturated rings. The largest absolute Gasteiger partial charge is 0.481 e. The van der Waals surface area contributed by atoms with E-state index in [2.05, 4.69) is 26.0 Å². The van der Waals surface area contributed by atoms with Gasteiger partial charge in [0.05, 0.1) is 0 Å². The summed E-state index contributed by atoms with van der Waals surface area (Å²) in [6.07, 6.45) is 9.80. The van der Waals surface area contributed by atoms with Crippen LogP contribution < -0.4 is 0 Å². The second-order valence-electron chi connectivity index (χ2n) is 3.84. The molecule has 0 aliphatic carbocycles. The number of allylic oxidation sites excluding steroid dienone is 2. The minimum absolute atomic E-state index is 0.0230. The second kappa shape index (κ2) is 4.75. The molecule has 1 saturated heterocycles. The van der Waals surface area contributed by atoms with Crippen LogP contribution in [0.1, 0.15) is 46.0 Å². The van der Waals surface area contributed by atoms with Crippen LogP contribution in [0.2, 0.25) is 0 Å². The van der Waals surface area contributed by atoms with E-state index in [4.69, 9.17) is 17.0 Å². The van der Waals surface area contributed by atoms with E-state index in [1.54, 1.807) is 0 Å². The van der Waals surface area contributed by atoms with Crippen molar-refractivity contribution in [1.29, 1.82) is 0 Å². The Labute approximate surface area is 86.2 Å². The van der Waals surface area contributed by atoms with Crippen LogP contribution in [0, 0.1) is 0 Å². The Bertz CT molecular complexity index is 210. The van der Waals surface area contributed by atoms with Gasteiger partial charge in [0.15, 0.2) is 5.05 Å². The van der Waals surface area contributed by atoms with E-state index in [0.29, 0.717) is 0 Å². The first kappa shape index (κ1) is 10.7. The number of thiocarbonyl (C=S) groups is 1. The van der Waals surface area contributed by atoms with Crippen molar-refractivity contribution in [1.82, 2.24) is 0 Å². The summed E-state index contributed by atoms with van der Waals surface area (Å²) in [6, 6.07) is 0. The monoisotopic (exact) mass is 198 g/mol. The summed E-state index contributed by atoms with van der Waals surface area (Å²) in [6.45, 7) is 4.31. The van der Waals surface area contributed by atoms with Crippen molar-refractivity contribution in [3.8, 4) is 0 Å². The molecule has 0 aromatic rings. The molecule has 0 saturated carbocycles. The molecular formula is C11H18OS. The molecule has 2 heteroatoms. The van der Waals surface area contributed by atoms with Gasteiger partial charge in [-0.05, 0) is 44.8 Å². The molecule has 1 rings (SSSR count). The molecule has 0 spiro atoms. The lowest BCUT2D eigenvalue weighted by Gasteiger charge is -2.22. The van der Waals surface area contributed by atoms with E-state index in [0.717, 1.165) is 37.2 Å². The molecule has 0 N–H and O–H groups in total.